The second kappa shape index (κ2) is 8.74. The zero-order valence-corrected chi connectivity index (χ0v) is 21.2. The first-order chi connectivity index (χ1) is 17.5. The molecule has 36 heavy (non-hydrogen) atoms. The Morgan fingerprint density at radius 3 is 2.69 bits per heavy atom. The van der Waals surface area contributed by atoms with E-state index in [9.17, 15) is 9.59 Å². The number of ether oxygens (including phenoxy) is 1. The number of halogens is 1. The lowest BCUT2D eigenvalue weighted by Gasteiger charge is -2.37. The summed E-state index contributed by atoms with van der Waals surface area (Å²) in [5, 5.41) is 11.2. The van der Waals surface area contributed by atoms with Gasteiger partial charge in [-0.3, -0.25) is 14.7 Å². The number of piperidine rings is 1. The van der Waals surface area contributed by atoms with Gasteiger partial charge in [0, 0.05) is 67.2 Å². The zero-order valence-electron chi connectivity index (χ0n) is 19.6. The van der Waals surface area contributed by atoms with E-state index >= 15 is 0 Å². The van der Waals surface area contributed by atoms with Crippen molar-refractivity contribution in [2.45, 2.75) is 19.3 Å². The summed E-state index contributed by atoms with van der Waals surface area (Å²) in [5.41, 5.74) is 3.19. The molecule has 0 atom stereocenters. The molecule has 3 aromatic heterocycles. The fourth-order valence-corrected chi connectivity index (χ4v) is 5.57. The molecule has 0 radical (unpaired) electrons. The highest BCUT2D eigenvalue weighted by molar-refractivity contribution is 9.10. The lowest BCUT2D eigenvalue weighted by Crippen LogP contribution is -2.46. The Kier molecular flexibility index (Phi) is 5.51. The molecule has 2 saturated heterocycles. The fraction of sp³-hybridized carbons (Fsp3) is 0.320. The molecule has 1 spiro atoms. The van der Waals surface area contributed by atoms with Crippen LogP contribution in [0.15, 0.2) is 53.5 Å². The van der Waals surface area contributed by atoms with Crippen LogP contribution in [0.5, 0.6) is 5.75 Å². The van der Waals surface area contributed by atoms with Crippen LogP contribution in [0.3, 0.4) is 0 Å². The number of carbonyl (C=O) groups is 2. The minimum atomic E-state index is -0.446. The Morgan fingerprint density at radius 2 is 1.94 bits per heavy atom. The molecular formula is C25H24BrN7O3. The average molecular weight is 550 g/mol. The maximum absolute atomic E-state index is 13.6. The molecule has 1 N–H and O–H groups in total. The van der Waals surface area contributed by atoms with E-state index in [4.69, 9.17) is 4.74 Å². The molecule has 184 valence electrons. The molecular weight excluding hydrogens is 526 g/mol. The first kappa shape index (κ1) is 22.7. The molecule has 6 rings (SSSR count). The number of aromatic nitrogens is 5. The van der Waals surface area contributed by atoms with Crippen LogP contribution in [-0.2, 0) is 4.79 Å². The van der Waals surface area contributed by atoms with E-state index in [1.165, 1.54) is 0 Å². The van der Waals surface area contributed by atoms with Crippen LogP contribution in [0, 0.1) is 5.41 Å². The van der Waals surface area contributed by atoms with Gasteiger partial charge in [0.05, 0.1) is 23.2 Å². The van der Waals surface area contributed by atoms with Crippen molar-refractivity contribution in [2.75, 3.05) is 31.6 Å². The van der Waals surface area contributed by atoms with Crippen molar-refractivity contribution in [3.05, 3.63) is 59.2 Å². The normalized spacial score (nSPS) is 17.3. The average Bonchev–Trinajstić information content (AvgIpc) is 3.64. The van der Waals surface area contributed by atoms with Gasteiger partial charge in [0.15, 0.2) is 11.3 Å². The van der Waals surface area contributed by atoms with Crippen LogP contribution in [0.1, 0.15) is 29.8 Å². The van der Waals surface area contributed by atoms with Crippen LogP contribution in [0.4, 0.5) is 5.69 Å². The van der Waals surface area contributed by atoms with E-state index in [0.717, 1.165) is 27.7 Å². The predicted octanol–water partition coefficient (Wildman–Crippen LogP) is 3.55. The highest BCUT2D eigenvalue weighted by Gasteiger charge is 2.49. The van der Waals surface area contributed by atoms with Crippen LogP contribution in [-0.4, -0.2) is 68.3 Å². The van der Waals surface area contributed by atoms with Crippen molar-refractivity contribution in [3.8, 4) is 16.9 Å². The Labute approximate surface area is 215 Å². The van der Waals surface area contributed by atoms with Gasteiger partial charge in [0.2, 0.25) is 5.91 Å². The topological polar surface area (TPSA) is 109 Å². The minimum Gasteiger partial charge on any atom is -0.496 e. The van der Waals surface area contributed by atoms with Crippen LogP contribution >= 0.6 is 15.9 Å². The van der Waals surface area contributed by atoms with Crippen molar-refractivity contribution in [1.29, 1.82) is 0 Å². The maximum atomic E-state index is 13.6. The van der Waals surface area contributed by atoms with E-state index in [1.54, 1.807) is 41.2 Å². The van der Waals surface area contributed by atoms with Gasteiger partial charge in [0.25, 0.3) is 5.91 Å². The Hall–Kier alpha value is -3.73. The van der Waals surface area contributed by atoms with Crippen molar-refractivity contribution >= 4 is 39.1 Å². The van der Waals surface area contributed by atoms with Gasteiger partial charge in [-0.2, -0.15) is 10.2 Å². The quantitative estimate of drug-likeness (QED) is 0.417. The second-order valence-electron chi connectivity index (χ2n) is 9.26. The first-order valence-corrected chi connectivity index (χ1v) is 12.6. The molecule has 11 heteroatoms. The molecule has 10 nitrogen and oxygen atoms in total. The summed E-state index contributed by atoms with van der Waals surface area (Å²) in [6.07, 6.45) is 9.03. The van der Waals surface area contributed by atoms with Crippen molar-refractivity contribution in [2.24, 2.45) is 5.41 Å². The number of nitrogens with zero attached hydrogens (tertiary/aromatic N) is 6. The summed E-state index contributed by atoms with van der Waals surface area (Å²) in [6.45, 7) is 1.69. The van der Waals surface area contributed by atoms with Gasteiger partial charge in [-0.1, -0.05) is 0 Å². The lowest BCUT2D eigenvalue weighted by molar-refractivity contribution is -0.127. The third-order valence-electron chi connectivity index (χ3n) is 7.33. The van der Waals surface area contributed by atoms with E-state index < -0.39 is 5.41 Å². The molecule has 0 unspecified atom stereocenters. The molecule has 2 aliphatic heterocycles. The van der Waals surface area contributed by atoms with E-state index in [2.05, 4.69) is 36.2 Å². The summed E-state index contributed by atoms with van der Waals surface area (Å²) < 4.78 is 7.99. The molecule has 0 aliphatic carbocycles. The summed E-state index contributed by atoms with van der Waals surface area (Å²) in [5.74, 6) is 0.680. The van der Waals surface area contributed by atoms with Gasteiger partial charge in [-0.25, -0.2) is 9.50 Å². The highest BCUT2D eigenvalue weighted by atomic mass is 79.9. The molecule has 2 amide bonds. The number of hydrogen-bond acceptors (Lipinski definition) is 6. The number of rotatable bonds is 4. The number of H-pyrrole nitrogens is 1. The number of likely N-dealkylation sites (tertiary alicyclic amines) is 1. The number of fused-ring (bicyclic) bond motifs is 1. The molecule has 5 heterocycles. The summed E-state index contributed by atoms with van der Waals surface area (Å²) in [4.78, 5) is 34.7. The molecule has 4 aromatic rings. The van der Waals surface area contributed by atoms with Gasteiger partial charge in [0.1, 0.15) is 5.75 Å². The summed E-state index contributed by atoms with van der Waals surface area (Å²) in [6, 6.07) is 7.52. The summed E-state index contributed by atoms with van der Waals surface area (Å²) >= 11 is 3.37. The fourth-order valence-electron chi connectivity index (χ4n) is 5.27. The SMILES string of the molecule is COc1cc(N2CCC3(CCN(C(=O)c4cc5ncc(Br)cn5n4)CC3)C2=O)ccc1-c1cn[nH]c1. The van der Waals surface area contributed by atoms with E-state index in [-0.39, 0.29) is 11.8 Å². The Morgan fingerprint density at radius 1 is 1.14 bits per heavy atom. The number of carbonyl (C=O) groups excluding carboxylic acids is 2. The molecule has 1 aromatic carbocycles. The van der Waals surface area contributed by atoms with Gasteiger partial charge in [-0.15, -0.1) is 0 Å². The van der Waals surface area contributed by atoms with Crippen molar-refractivity contribution in [1.82, 2.24) is 29.7 Å². The van der Waals surface area contributed by atoms with Crippen LogP contribution < -0.4 is 9.64 Å². The number of nitrogens with one attached hydrogen (secondary N) is 1. The predicted molar refractivity (Wildman–Crippen MR) is 136 cm³/mol. The van der Waals surface area contributed by atoms with E-state index in [0.29, 0.717) is 49.6 Å². The standard InChI is InChI=1S/C25H24BrN7O3/c1-36-21-10-18(2-3-19(21)16-12-28-29-13-16)32-9-6-25(24(32)35)4-7-31(8-5-25)23(34)20-11-22-27-14-17(26)15-33(22)30-20/h2-3,10-15H,4-9H2,1H3,(H,28,29). The largest absolute Gasteiger partial charge is 0.496 e. The molecule has 0 bridgehead atoms. The number of methoxy groups -OCH3 is 1. The third-order valence-corrected chi connectivity index (χ3v) is 7.74. The third kappa shape index (κ3) is 3.74. The Bertz CT molecular complexity index is 1460. The van der Waals surface area contributed by atoms with Gasteiger partial charge >= 0.3 is 0 Å². The highest BCUT2D eigenvalue weighted by Crippen LogP contribution is 2.44. The van der Waals surface area contributed by atoms with Crippen molar-refractivity contribution < 1.29 is 14.3 Å². The smallest absolute Gasteiger partial charge is 0.274 e. The van der Waals surface area contributed by atoms with Gasteiger partial charge < -0.3 is 14.5 Å². The van der Waals surface area contributed by atoms with Gasteiger partial charge in [-0.05, 0) is 47.3 Å². The monoisotopic (exact) mass is 549 g/mol. The minimum absolute atomic E-state index is 0.120. The lowest BCUT2D eigenvalue weighted by atomic mass is 9.77. The van der Waals surface area contributed by atoms with Crippen LogP contribution in [0.2, 0.25) is 0 Å². The molecule has 0 saturated carbocycles. The van der Waals surface area contributed by atoms with E-state index in [1.807, 2.05) is 29.3 Å². The second-order valence-corrected chi connectivity index (χ2v) is 10.2. The zero-order chi connectivity index (χ0) is 24.9. The molecule has 2 aliphatic rings. The number of amides is 2. The maximum Gasteiger partial charge on any atom is 0.274 e. The number of anilines is 1. The number of aromatic amines is 1. The summed E-state index contributed by atoms with van der Waals surface area (Å²) in [7, 11) is 1.63. The first-order valence-electron chi connectivity index (χ1n) is 11.8. The Balaban J connectivity index is 1.16. The number of benzene rings is 1. The van der Waals surface area contributed by atoms with Crippen molar-refractivity contribution in [3.63, 3.8) is 0 Å². The molecule has 2 fully saturated rings. The van der Waals surface area contributed by atoms with Crippen LogP contribution in [0.25, 0.3) is 16.8 Å². The number of hydrogen-bond donors (Lipinski definition) is 1.